The van der Waals surface area contributed by atoms with Crippen LogP contribution in [0.15, 0.2) is 30.3 Å². The van der Waals surface area contributed by atoms with E-state index in [1.54, 1.807) is 18.2 Å². The largest absolute Gasteiger partial charge is 0.496 e. The molecule has 0 bridgehead atoms. The van der Waals surface area contributed by atoms with Gasteiger partial charge in [0, 0.05) is 10.6 Å². The molecule has 2 rings (SSSR count). The summed E-state index contributed by atoms with van der Waals surface area (Å²) in [6.07, 6.45) is 0. The lowest BCUT2D eigenvalue weighted by atomic mass is 10.0. The van der Waals surface area contributed by atoms with E-state index < -0.39 is 11.9 Å². The van der Waals surface area contributed by atoms with Gasteiger partial charge < -0.3 is 14.9 Å². The number of methoxy groups -OCH3 is 1. The zero-order chi connectivity index (χ0) is 15.6. The van der Waals surface area contributed by atoms with E-state index in [0.717, 1.165) is 0 Å². The normalized spacial score (nSPS) is 10.2. The highest BCUT2D eigenvalue weighted by Crippen LogP contribution is 2.33. The van der Waals surface area contributed by atoms with Crippen LogP contribution in [0.1, 0.15) is 21.0 Å². The highest BCUT2D eigenvalue weighted by atomic mass is 35.5. The summed E-state index contributed by atoms with van der Waals surface area (Å²) in [6, 6.07) is 7.32. The molecule has 0 unspecified atom stereocenters. The minimum Gasteiger partial charge on any atom is -0.496 e. The van der Waals surface area contributed by atoms with E-state index in [0.29, 0.717) is 21.9 Å². The molecule has 1 aromatic heterocycles. The molecule has 0 aliphatic heterocycles. The van der Waals surface area contributed by atoms with Crippen LogP contribution in [-0.2, 0) is 0 Å². The highest BCUT2D eigenvalue weighted by Gasteiger charge is 2.16. The van der Waals surface area contributed by atoms with Crippen molar-refractivity contribution < 1.29 is 24.5 Å². The van der Waals surface area contributed by atoms with Crippen molar-refractivity contribution >= 4 is 23.5 Å². The first kappa shape index (κ1) is 14.8. The summed E-state index contributed by atoms with van der Waals surface area (Å²) in [6.45, 7) is 0. The lowest BCUT2D eigenvalue weighted by Crippen LogP contribution is -2.08. The van der Waals surface area contributed by atoms with Gasteiger partial charge in [-0.25, -0.2) is 14.6 Å². The van der Waals surface area contributed by atoms with Crippen LogP contribution < -0.4 is 4.74 Å². The lowest BCUT2D eigenvalue weighted by molar-refractivity contribution is 0.0685. The Balaban J connectivity index is 2.71. The molecule has 0 amide bonds. The maximum atomic E-state index is 11.1. The van der Waals surface area contributed by atoms with Crippen LogP contribution in [0.2, 0.25) is 5.02 Å². The van der Waals surface area contributed by atoms with E-state index in [1.807, 2.05) is 0 Å². The first-order valence-electron chi connectivity index (χ1n) is 5.75. The van der Waals surface area contributed by atoms with E-state index in [-0.39, 0.29) is 11.4 Å². The van der Waals surface area contributed by atoms with Crippen LogP contribution in [0.4, 0.5) is 0 Å². The van der Waals surface area contributed by atoms with Gasteiger partial charge in [-0.2, -0.15) is 0 Å². The summed E-state index contributed by atoms with van der Waals surface area (Å²) in [5, 5.41) is 18.5. The molecule has 0 radical (unpaired) electrons. The standard InChI is InChI=1S/C14H10ClNO5/c1-21-12-3-2-8(15)6-9(12)7-4-10(13(17)18)16-11(5-7)14(19)20/h2-6H,1H3,(H,17,18)(H,19,20). The second kappa shape index (κ2) is 5.80. The minimum atomic E-state index is -1.32. The van der Waals surface area contributed by atoms with Crippen molar-refractivity contribution in [2.24, 2.45) is 0 Å². The van der Waals surface area contributed by atoms with Crippen LogP contribution in [0.3, 0.4) is 0 Å². The van der Waals surface area contributed by atoms with Gasteiger partial charge in [-0.15, -0.1) is 0 Å². The van der Waals surface area contributed by atoms with Gasteiger partial charge in [0.1, 0.15) is 17.1 Å². The minimum absolute atomic E-state index is 0.346. The molecule has 0 atom stereocenters. The number of rotatable bonds is 4. The zero-order valence-corrected chi connectivity index (χ0v) is 11.6. The first-order chi connectivity index (χ1) is 9.92. The molecule has 0 aliphatic carbocycles. The molecule has 0 fully saturated rings. The van der Waals surface area contributed by atoms with Gasteiger partial charge in [0.05, 0.1) is 7.11 Å². The van der Waals surface area contributed by atoms with E-state index in [4.69, 9.17) is 26.6 Å². The molecule has 1 aromatic carbocycles. The fourth-order valence-corrected chi connectivity index (χ4v) is 1.98. The third-order valence-electron chi connectivity index (χ3n) is 2.74. The number of benzene rings is 1. The molecule has 0 saturated heterocycles. The molecular formula is C14H10ClNO5. The van der Waals surface area contributed by atoms with Crippen molar-refractivity contribution in [1.29, 1.82) is 0 Å². The van der Waals surface area contributed by atoms with Gasteiger partial charge in [-0.1, -0.05) is 11.6 Å². The van der Waals surface area contributed by atoms with E-state index in [9.17, 15) is 9.59 Å². The maximum absolute atomic E-state index is 11.1. The van der Waals surface area contributed by atoms with Crippen molar-refractivity contribution in [1.82, 2.24) is 4.98 Å². The van der Waals surface area contributed by atoms with E-state index >= 15 is 0 Å². The van der Waals surface area contributed by atoms with Crippen LogP contribution in [0, 0.1) is 0 Å². The Morgan fingerprint density at radius 3 is 2.14 bits per heavy atom. The molecule has 7 heteroatoms. The van der Waals surface area contributed by atoms with Gasteiger partial charge in [0.15, 0.2) is 0 Å². The molecule has 1 heterocycles. The first-order valence-corrected chi connectivity index (χ1v) is 6.12. The monoisotopic (exact) mass is 307 g/mol. The molecule has 6 nitrogen and oxygen atoms in total. The number of carboxylic acids is 2. The van der Waals surface area contributed by atoms with Crippen molar-refractivity contribution in [3.8, 4) is 16.9 Å². The van der Waals surface area contributed by atoms with E-state index in [2.05, 4.69) is 4.98 Å². The van der Waals surface area contributed by atoms with Gasteiger partial charge in [0.25, 0.3) is 0 Å². The molecule has 0 saturated carbocycles. The number of halogens is 1. The van der Waals surface area contributed by atoms with Gasteiger partial charge in [0.2, 0.25) is 0 Å². The summed E-state index contributed by atoms with van der Waals surface area (Å²) in [5.41, 5.74) is 0.0930. The number of carboxylic acid groups (broad SMARTS) is 2. The maximum Gasteiger partial charge on any atom is 0.354 e. The lowest BCUT2D eigenvalue weighted by Gasteiger charge is -2.10. The van der Waals surface area contributed by atoms with E-state index in [1.165, 1.54) is 19.2 Å². The molecule has 0 aliphatic rings. The number of carbonyl (C=O) groups is 2. The van der Waals surface area contributed by atoms with Gasteiger partial charge >= 0.3 is 11.9 Å². The Kier molecular flexibility index (Phi) is 4.09. The fourth-order valence-electron chi connectivity index (χ4n) is 1.81. The Bertz CT molecular complexity index is 697. The average Bonchev–Trinajstić information content (AvgIpc) is 2.46. The summed E-state index contributed by atoms with van der Waals surface area (Å²) in [5.74, 6) is -2.20. The van der Waals surface area contributed by atoms with Crippen molar-refractivity contribution in [2.45, 2.75) is 0 Å². The third-order valence-corrected chi connectivity index (χ3v) is 2.97. The van der Waals surface area contributed by atoms with Crippen LogP contribution >= 0.6 is 11.6 Å². The van der Waals surface area contributed by atoms with Crippen LogP contribution in [0.5, 0.6) is 5.75 Å². The Hall–Kier alpha value is -2.60. The summed E-state index contributed by atoms with van der Waals surface area (Å²) >= 11 is 5.92. The number of hydrogen-bond acceptors (Lipinski definition) is 4. The number of ether oxygens (including phenoxy) is 1. The molecule has 21 heavy (non-hydrogen) atoms. The summed E-state index contributed by atoms with van der Waals surface area (Å²) < 4.78 is 5.18. The second-order valence-electron chi connectivity index (χ2n) is 4.08. The third kappa shape index (κ3) is 3.11. The number of nitrogens with zero attached hydrogens (tertiary/aromatic N) is 1. The van der Waals surface area contributed by atoms with Crippen molar-refractivity contribution in [2.75, 3.05) is 7.11 Å². The molecule has 2 N–H and O–H groups in total. The highest BCUT2D eigenvalue weighted by molar-refractivity contribution is 6.31. The second-order valence-corrected chi connectivity index (χ2v) is 4.52. The Morgan fingerprint density at radius 1 is 1.10 bits per heavy atom. The molecular weight excluding hydrogens is 298 g/mol. The topological polar surface area (TPSA) is 96.7 Å². The van der Waals surface area contributed by atoms with Crippen molar-refractivity contribution in [3.63, 3.8) is 0 Å². The van der Waals surface area contributed by atoms with Crippen LogP contribution in [-0.4, -0.2) is 34.2 Å². The predicted molar refractivity (Wildman–Crippen MR) is 75.2 cm³/mol. The number of aromatic carboxylic acids is 2. The predicted octanol–water partition coefficient (Wildman–Crippen LogP) is 2.81. The smallest absolute Gasteiger partial charge is 0.354 e. The molecule has 2 aromatic rings. The van der Waals surface area contributed by atoms with Gasteiger partial charge in [-0.05, 0) is 35.9 Å². The number of pyridine rings is 1. The zero-order valence-electron chi connectivity index (χ0n) is 10.8. The van der Waals surface area contributed by atoms with Crippen molar-refractivity contribution in [3.05, 3.63) is 46.7 Å². The van der Waals surface area contributed by atoms with Gasteiger partial charge in [-0.3, -0.25) is 0 Å². The molecule has 108 valence electrons. The summed E-state index contributed by atoms with van der Waals surface area (Å²) in [7, 11) is 1.45. The number of hydrogen-bond donors (Lipinski definition) is 2. The fraction of sp³-hybridized carbons (Fsp3) is 0.0714. The SMILES string of the molecule is COc1ccc(Cl)cc1-c1cc(C(=O)O)nc(C(=O)O)c1. The number of aromatic nitrogens is 1. The Morgan fingerprint density at radius 2 is 1.67 bits per heavy atom. The summed E-state index contributed by atoms with van der Waals surface area (Å²) in [4.78, 5) is 25.7. The quantitative estimate of drug-likeness (QED) is 0.901. The average molecular weight is 308 g/mol. The molecule has 0 spiro atoms. The van der Waals surface area contributed by atoms with Crippen LogP contribution in [0.25, 0.3) is 11.1 Å². The Labute approximate surface area is 124 Å².